The summed E-state index contributed by atoms with van der Waals surface area (Å²) < 4.78 is 39.6. The molecule has 0 bridgehead atoms. The Morgan fingerprint density at radius 1 is 1.29 bits per heavy atom. The summed E-state index contributed by atoms with van der Waals surface area (Å²) in [7, 11) is 0. The Bertz CT molecular complexity index is 386. The Hall–Kier alpha value is -1.23. The number of nitrogens with two attached hydrogens (primary N) is 1. The van der Waals surface area contributed by atoms with Gasteiger partial charge in [-0.3, -0.25) is 0 Å². The van der Waals surface area contributed by atoms with Crippen LogP contribution in [-0.4, -0.2) is 12.4 Å². The smallest absolute Gasteiger partial charge is 0.406 e. The lowest BCUT2D eigenvalue weighted by molar-refractivity contribution is -0.274. The average molecular weight is 245 g/mol. The highest BCUT2D eigenvalue weighted by atomic mass is 19.4. The molecule has 5 heteroatoms. The third-order valence-corrected chi connectivity index (χ3v) is 3.06. The molecule has 1 aliphatic carbocycles. The highest BCUT2D eigenvalue weighted by Crippen LogP contribution is 2.49. The monoisotopic (exact) mass is 245 g/mol. The highest BCUT2D eigenvalue weighted by molar-refractivity contribution is 5.33. The zero-order chi connectivity index (χ0) is 12.6. The lowest BCUT2D eigenvalue weighted by Crippen LogP contribution is -2.18. The predicted molar refractivity (Wildman–Crippen MR) is 57.6 cm³/mol. The number of ether oxygens (including phenoxy) is 1. The van der Waals surface area contributed by atoms with Crippen LogP contribution in [-0.2, 0) is 0 Å². The van der Waals surface area contributed by atoms with Crippen LogP contribution in [0.4, 0.5) is 13.2 Å². The molecule has 1 saturated carbocycles. The van der Waals surface area contributed by atoms with Crippen molar-refractivity contribution in [3.63, 3.8) is 0 Å². The summed E-state index contributed by atoms with van der Waals surface area (Å²) in [5, 5.41) is 0. The molecule has 0 aromatic heterocycles. The molecule has 0 radical (unpaired) electrons. The molecule has 0 amide bonds. The van der Waals surface area contributed by atoms with E-state index in [0.717, 1.165) is 12.0 Å². The van der Waals surface area contributed by atoms with Crippen LogP contribution in [0.1, 0.15) is 24.8 Å². The van der Waals surface area contributed by atoms with E-state index >= 15 is 0 Å². The third-order valence-electron chi connectivity index (χ3n) is 3.06. The Morgan fingerprint density at radius 2 is 1.88 bits per heavy atom. The van der Waals surface area contributed by atoms with E-state index in [1.54, 1.807) is 12.1 Å². The molecule has 0 aliphatic heterocycles. The molecule has 17 heavy (non-hydrogen) atoms. The molecule has 1 fully saturated rings. The van der Waals surface area contributed by atoms with Crippen LogP contribution in [0.2, 0.25) is 0 Å². The first-order chi connectivity index (χ1) is 7.87. The van der Waals surface area contributed by atoms with Crippen molar-refractivity contribution in [2.75, 3.05) is 0 Å². The number of alkyl halides is 3. The highest BCUT2D eigenvalue weighted by Gasteiger charge is 2.40. The lowest BCUT2D eigenvalue weighted by Gasteiger charge is -2.09. The van der Waals surface area contributed by atoms with Crippen LogP contribution < -0.4 is 10.5 Å². The fourth-order valence-corrected chi connectivity index (χ4v) is 2.10. The van der Waals surface area contributed by atoms with Crippen molar-refractivity contribution >= 4 is 0 Å². The van der Waals surface area contributed by atoms with Gasteiger partial charge in [-0.05, 0) is 42.9 Å². The van der Waals surface area contributed by atoms with E-state index in [4.69, 9.17) is 5.73 Å². The summed E-state index contributed by atoms with van der Waals surface area (Å²) in [5.74, 6) is 0.651. The first kappa shape index (κ1) is 12.2. The third kappa shape index (κ3) is 3.12. The van der Waals surface area contributed by atoms with Crippen LogP contribution >= 0.6 is 0 Å². The van der Waals surface area contributed by atoms with Gasteiger partial charge in [0, 0.05) is 6.04 Å². The second-order valence-electron chi connectivity index (χ2n) is 4.48. The van der Waals surface area contributed by atoms with Gasteiger partial charge in [0.15, 0.2) is 0 Å². The van der Waals surface area contributed by atoms with Crippen LogP contribution in [0.25, 0.3) is 0 Å². The molecule has 1 aromatic carbocycles. The maximum absolute atomic E-state index is 11.9. The van der Waals surface area contributed by atoms with Crippen LogP contribution in [0.5, 0.6) is 5.75 Å². The summed E-state index contributed by atoms with van der Waals surface area (Å²) in [6.07, 6.45) is -3.62. The van der Waals surface area contributed by atoms with Crippen molar-refractivity contribution < 1.29 is 17.9 Å². The summed E-state index contributed by atoms with van der Waals surface area (Å²) in [4.78, 5) is 0. The van der Waals surface area contributed by atoms with E-state index in [0.29, 0.717) is 11.8 Å². The molecule has 2 nitrogen and oxygen atoms in total. The molecule has 3 atom stereocenters. The number of rotatable bonds is 3. The zero-order valence-electron chi connectivity index (χ0n) is 9.37. The van der Waals surface area contributed by atoms with Gasteiger partial charge in [-0.25, -0.2) is 0 Å². The second-order valence-corrected chi connectivity index (χ2v) is 4.48. The van der Waals surface area contributed by atoms with Gasteiger partial charge in [-0.1, -0.05) is 12.1 Å². The van der Waals surface area contributed by atoms with Gasteiger partial charge >= 0.3 is 6.36 Å². The van der Waals surface area contributed by atoms with Gasteiger partial charge in [0.05, 0.1) is 0 Å². The summed E-state index contributed by atoms with van der Waals surface area (Å²) in [5.41, 5.74) is 6.79. The summed E-state index contributed by atoms with van der Waals surface area (Å²) >= 11 is 0. The molecular weight excluding hydrogens is 231 g/mol. The van der Waals surface area contributed by atoms with Crippen molar-refractivity contribution in [2.45, 2.75) is 31.7 Å². The maximum atomic E-state index is 11.9. The van der Waals surface area contributed by atoms with E-state index in [1.165, 1.54) is 12.1 Å². The van der Waals surface area contributed by atoms with Crippen molar-refractivity contribution in [1.82, 2.24) is 0 Å². The van der Waals surface area contributed by atoms with Crippen molar-refractivity contribution in [3.05, 3.63) is 29.8 Å². The minimum absolute atomic E-state index is 0.131. The Labute approximate surface area is 97.6 Å². The van der Waals surface area contributed by atoms with Gasteiger partial charge in [-0.2, -0.15) is 0 Å². The van der Waals surface area contributed by atoms with E-state index in [-0.39, 0.29) is 11.8 Å². The second kappa shape index (κ2) is 4.22. The van der Waals surface area contributed by atoms with Gasteiger partial charge in [-0.15, -0.1) is 13.2 Å². The van der Waals surface area contributed by atoms with Crippen molar-refractivity contribution in [3.8, 4) is 5.75 Å². The number of hydrogen-bond donors (Lipinski definition) is 1. The number of hydrogen-bond acceptors (Lipinski definition) is 2. The summed E-state index contributed by atoms with van der Waals surface area (Å²) in [6, 6.07) is 6.17. The van der Waals surface area contributed by atoms with E-state index in [2.05, 4.69) is 4.74 Å². The molecule has 1 aliphatic rings. The minimum atomic E-state index is -4.63. The van der Waals surface area contributed by atoms with Gasteiger partial charge < -0.3 is 10.5 Å². The largest absolute Gasteiger partial charge is 0.573 e. The molecule has 0 saturated heterocycles. The first-order valence-electron chi connectivity index (χ1n) is 5.48. The van der Waals surface area contributed by atoms with Crippen LogP contribution in [0, 0.1) is 5.92 Å². The predicted octanol–water partition coefficient (Wildman–Crippen LogP) is 3.04. The Morgan fingerprint density at radius 3 is 2.29 bits per heavy atom. The van der Waals surface area contributed by atoms with Crippen molar-refractivity contribution in [2.24, 2.45) is 11.7 Å². The molecule has 0 spiro atoms. The van der Waals surface area contributed by atoms with Crippen LogP contribution in [0.3, 0.4) is 0 Å². The lowest BCUT2D eigenvalue weighted by atomic mass is 10.1. The fraction of sp³-hybridized carbons (Fsp3) is 0.500. The van der Waals surface area contributed by atoms with Gasteiger partial charge in [0.2, 0.25) is 0 Å². The van der Waals surface area contributed by atoms with Crippen LogP contribution in [0.15, 0.2) is 24.3 Å². The molecule has 94 valence electrons. The Balaban J connectivity index is 2.00. The molecular formula is C12H14F3NO. The summed E-state index contributed by atoms with van der Waals surface area (Å²) in [6.45, 7) is 1.95. The van der Waals surface area contributed by atoms with Gasteiger partial charge in [0.25, 0.3) is 0 Å². The quantitative estimate of drug-likeness (QED) is 0.888. The zero-order valence-corrected chi connectivity index (χ0v) is 9.37. The number of benzene rings is 1. The van der Waals surface area contributed by atoms with E-state index in [1.807, 2.05) is 6.92 Å². The SMILES string of the molecule is C[C@@H](N)[C@@H]1C[C@@H]1c1ccc(OC(F)(F)F)cc1. The van der Waals surface area contributed by atoms with E-state index in [9.17, 15) is 13.2 Å². The fourth-order valence-electron chi connectivity index (χ4n) is 2.10. The van der Waals surface area contributed by atoms with Gasteiger partial charge in [0.1, 0.15) is 5.75 Å². The molecule has 0 unspecified atom stereocenters. The first-order valence-corrected chi connectivity index (χ1v) is 5.48. The van der Waals surface area contributed by atoms with E-state index < -0.39 is 6.36 Å². The maximum Gasteiger partial charge on any atom is 0.573 e. The standard InChI is InChI=1S/C12H14F3NO/c1-7(16)10-6-11(10)8-2-4-9(5-3-8)17-12(13,14)15/h2-5,7,10-11H,6,16H2,1H3/t7-,10+,11-/m1/s1. The molecule has 2 rings (SSSR count). The average Bonchev–Trinajstić information content (AvgIpc) is 2.96. The number of halogens is 3. The molecule has 0 heterocycles. The molecule has 1 aromatic rings. The topological polar surface area (TPSA) is 35.2 Å². The Kier molecular flexibility index (Phi) is 3.03. The minimum Gasteiger partial charge on any atom is -0.406 e. The normalized spacial score (nSPS) is 25.5. The van der Waals surface area contributed by atoms with Crippen molar-refractivity contribution in [1.29, 1.82) is 0 Å². The molecule has 2 N–H and O–H groups in total.